The first-order valence-corrected chi connectivity index (χ1v) is 13.1. The number of nitrogens with zero attached hydrogens (tertiary/aromatic N) is 1. The Morgan fingerprint density at radius 1 is 1.06 bits per heavy atom. The first kappa shape index (κ1) is 24.5. The van der Waals surface area contributed by atoms with Crippen LogP contribution in [-0.4, -0.2) is 31.9 Å². The molecule has 174 valence electrons. The minimum atomic E-state index is -3.73. The van der Waals surface area contributed by atoms with Gasteiger partial charge in [0, 0.05) is 6.04 Å². The smallest absolute Gasteiger partial charge is 0.244 e. The third kappa shape index (κ3) is 5.25. The van der Waals surface area contributed by atoms with Crippen LogP contribution in [-0.2, 0) is 14.8 Å². The Morgan fingerprint density at radius 2 is 1.75 bits per heavy atom. The number of rotatable bonds is 10. The molecule has 1 aliphatic rings. The molecule has 2 aromatic carbocycles. The first-order valence-electron chi connectivity index (χ1n) is 11.6. The predicted octanol–water partition coefficient (Wildman–Crippen LogP) is 5.33. The SMILES string of the molecule is CCCCCC1C/C(=C(\CN)OCC)C(c2ccccc2)N1S(=O)(=O)c1ccc(C)cc1. The summed E-state index contributed by atoms with van der Waals surface area (Å²) < 4.78 is 35.7. The lowest BCUT2D eigenvalue weighted by molar-refractivity contribution is 0.219. The zero-order chi connectivity index (χ0) is 23.1. The van der Waals surface area contributed by atoms with Crippen LogP contribution in [0, 0.1) is 6.92 Å². The van der Waals surface area contributed by atoms with Gasteiger partial charge >= 0.3 is 0 Å². The number of hydrogen-bond donors (Lipinski definition) is 1. The number of nitrogens with two attached hydrogens (primary N) is 1. The Kier molecular flexibility index (Phi) is 8.51. The lowest BCUT2D eigenvalue weighted by atomic mass is 9.97. The number of ether oxygens (including phenoxy) is 1. The summed E-state index contributed by atoms with van der Waals surface area (Å²) in [6.45, 7) is 6.82. The Labute approximate surface area is 193 Å². The minimum absolute atomic E-state index is 0.130. The standard InChI is InChI=1S/C26H36N2O3S/c1-4-6-8-13-22-18-24(25(19-27)31-5-2)26(21-11-9-7-10-12-21)28(22)32(29,30)23-16-14-20(3)15-17-23/h7,9-12,14-17,22,26H,4-6,8,13,18-19,27H2,1-3H3/b25-24-. The first-order chi connectivity index (χ1) is 15.4. The number of sulfonamides is 1. The molecule has 2 atom stereocenters. The molecular formula is C26H36N2O3S. The summed E-state index contributed by atoms with van der Waals surface area (Å²) in [5.41, 5.74) is 9.04. The van der Waals surface area contributed by atoms with Crippen LogP contribution < -0.4 is 5.73 Å². The lowest BCUT2D eigenvalue weighted by Gasteiger charge is -2.30. The van der Waals surface area contributed by atoms with Crippen LogP contribution >= 0.6 is 0 Å². The van der Waals surface area contributed by atoms with Gasteiger partial charge in [0.2, 0.25) is 10.0 Å². The second-order valence-corrected chi connectivity index (χ2v) is 10.2. The van der Waals surface area contributed by atoms with Gasteiger partial charge in [-0.05, 0) is 50.0 Å². The molecule has 3 rings (SSSR count). The molecule has 0 aliphatic carbocycles. The summed E-state index contributed by atoms with van der Waals surface area (Å²) >= 11 is 0. The van der Waals surface area contributed by atoms with Crippen LogP contribution in [0.1, 0.15) is 63.1 Å². The van der Waals surface area contributed by atoms with Crippen molar-refractivity contribution in [1.29, 1.82) is 0 Å². The highest BCUT2D eigenvalue weighted by Gasteiger charge is 2.46. The van der Waals surface area contributed by atoms with Gasteiger partial charge in [-0.15, -0.1) is 0 Å². The van der Waals surface area contributed by atoms with E-state index in [-0.39, 0.29) is 12.6 Å². The predicted molar refractivity (Wildman–Crippen MR) is 130 cm³/mol. The van der Waals surface area contributed by atoms with E-state index in [0.29, 0.717) is 23.7 Å². The van der Waals surface area contributed by atoms with Crippen LogP contribution in [0.2, 0.25) is 0 Å². The van der Waals surface area contributed by atoms with Crippen molar-refractivity contribution in [3.8, 4) is 0 Å². The molecule has 0 aromatic heterocycles. The van der Waals surface area contributed by atoms with Gasteiger partial charge in [0.25, 0.3) is 0 Å². The number of aryl methyl sites for hydroxylation is 1. The maximum atomic E-state index is 14.0. The molecule has 2 N–H and O–H groups in total. The van der Waals surface area contributed by atoms with E-state index in [4.69, 9.17) is 10.5 Å². The molecule has 5 nitrogen and oxygen atoms in total. The van der Waals surface area contributed by atoms with Crippen LogP contribution in [0.3, 0.4) is 0 Å². The average molecular weight is 457 g/mol. The molecule has 1 aliphatic heterocycles. The topological polar surface area (TPSA) is 72.6 Å². The Bertz CT molecular complexity index is 1000. The maximum absolute atomic E-state index is 14.0. The van der Waals surface area contributed by atoms with Crippen molar-refractivity contribution >= 4 is 10.0 Å². The minimum Gasteiger partial charge on any atom is -0.497 e. The summed E-state index contributed by atoms with van der Waals surface area (Å²) in [7, 11) is -3.73. The van der Waals surface area contributed by atoms with Gasteiger partial charge < -0.3 is 10.5 Å². The largest absolute Gasteiger partial charge is 0.497 e. The fourth-order valence-corrected chi connectivity index (χ4v) is 6.38. The second-order valence-electron chi connectivity index (χ2n) is 8.40. The van der Waals surface area contributed by atoms with Gasteiger partial charge in [0.15, 0.2) is 0 Å². The molecule has 0 radical (unpaired) electrons. The van der Waals surface area contributed by atoms with Crippen LogP contribution in [0.5, 0.6) is 0 Å². The van der Waals surface area contributed by atoms with E-state index in [2.05, 4.69) is 6.92 Å². The van der Waals surface area contributed by atoms with Gasteiger partial charge in [-0.1, -0.05) is 74.2 Å². The molecule has 32 heavy (non-hydrogen) atoms. The average Bonchev–Trinajstić information content (AvgIpc) is 3.18. The van der Waals surface area contributed by atoms with Gasteiger partial charge in [-0.25, -0.2) is 8.42 Å². The Hall–Kier alpha value is -2.15. The van der Waals surface area contributed by atoms with E-state index < -0.39 is 16.1 Å². The van der Waals surface area contributed by atoms with Crippen molar-refractivity contribution in [2.24, 2.45) is 5.73 Å². The number of unbranched alkanes of at least 4 members (excludes halogenated alkanes) is 2. The number of hydrogen-bond acceptors (Lipinski definition) is 4. The molecule has 2 aromatic rings. The zero-order valence-corrected chi connectivity index (χ0v) is 20.3. The molecule has 6 heteroatoms. The van der Waals surface area contributed by atoms with E-state index in [0.717, 1.165) is 42.4 Å². The van der Waals surface area contributed by atoms with Crippen molar-refractivity contribution in [2.45, 2.75) is 69.9 Å². The highest BCUT2D eigenvalue weighted by atomic mass is 32.2. The quantitative estimate of drug-likeness (QED) is 0.387. The van der Waals surface area contributed by atoms with Crippen molar-refractivity contribution in [1.82, 2.24) is 4.31 Å². The third-order valence-electron chi connectivity index (χ3n) is 6.11. The zero-order valence-electron chi connectivity index (χ0n) is 19.5. The maximum Gasteiger partial charge on any atom is 0.244 e. The molecule has 1 heterocycles. The molecule has 0 spiro atoms. The highest BCUT2D eigenvalue weighted by molar-refractivity contribution is 7.89. The van der Waals surface area contributed by atoms with Gasteiger partial charge in [0.1, 0.15) is 5.76 Å². The second kappa shape index (κ2) is 11.1. The summed E-state index contributed by atoms with van der Waals surface area (Å²) in [5, 5.41) is 0. The van der Waals surface area contributed by atoms with Crippen LogP contribution in [0.4, 0.5) is 0 Å². The summed E-state index contributed by atoms with van der Waals surface area (Å²) in [4.78, 5) is 0.330. The van der Waals surface area contributed by atoms with Gasteiger partial charge in [0.05, 0.1) is 24.1 Å². The summed E-state index contributed by atoms with van der Waals surface area (Å²) in [5.74, 6) is 0.712. The molecular weight excluding hydrogens is 420 g/mol. The third-order valence-corrected chi connectivity index (χ3v) is 8.05. The van der Waals surface area contributed by atoms with Crippen molar-refractivity contribution in [2.75, 3.05) is 13.2 Å². The molecule has 0 saturated carbocycles. The van der Waals surface area contributed by atoms with E-state index in [1.54, 1.807) is 16.4 Å². The summed E-state index contributed by atoms with van der Waals surface area (Å²) in [6.07, 6.45) is 4.62. The fourth-order valence-electron chi connectivity index (χ4n) is 4.55. The molecule has 2 unspecified atom stereocenters. The van der Waals surface area contributed by atoms with E-state index in [1.165, 1.54) is 0 Å². The molecule has 1 fully saturated rings. The van der Waals surface area contributed by atoms with E-state index in [9.17, 15) is 8.42 Å². The summed E-state index contributed by atoms with van der Waals surface area (Å²) in [6, 6.07) is 16.4. The van der Waals surface area contributed by atoms with Crippen LogP contribution in [0.25, 0.3) is 0 Å². The van der Waals surface area contributed by atoms with Gasteiger partial charge in [-0.2, -0.15) is 4.31 Å². The molecule has 0 amide bonds. The van der Waals surface area contributed by atoms with E-state index >= 15 is 0 Å². The van der Waals surface area contributed by atoms with Crippen molar-refractivity contribution < 1.29 is 13.2 Å². The monoisotopic (exact) mass is 456 g/mol. The fraction of sp³-hybridized carbons (Fsp3) is 0.462. The highest BCUT2D eigenvalue weighted by Crippen LogP contribution is 2.47. The number of benzene rings is 2. The van der Waals surface area contributed by atoms with Crippen molar-refractivity contribution in [3.63, 3.8) is 0 Å². The van der Waals surface area contributed by atoms with Crippen LogP contribution in [0.15, 0.2) is 70.8 Å². The van der Waals surface area contributed by atoms with Gasteiger partial charge in [-0.3, -0.25) is 0 Å². The lowest BCUT2D eigenvalue weighted by Crippen LogP contribution is -2.37. The Morgan fingerprint density at radius 3 is 2.34 bits per heavy atom. The van der Waals surface area contributed by atoms with E-state index in [1.807, 2.05) is 56.3 Å². The van der Waals surface area contributed by atoms with Crippen molar-refractivity contribution in [3.05, 3.63) is 77.1 Å². The molecule has 1 saturated heterocycles. The molecule has 0 bridgehead atoms. The Balaban J connectivity index is 2.17. The normalized spacial score (nSPS) is 21.0.